The van der Waals surface area contributed by atoms with E-state index in [0.29, 0.717) is 0 Å². The molecule has 0 bridgehead atoms. The summed E-state index contributed by atoms with van der Waals surface area (Å²) in [5.74, 6) is -1.08. The summed E-state index contributed by atoms with van der Waals surface area (Å²) in [5.41, 5.74) is 0. The van der Waals surface area contributed by atoms with Crippen LogP contribution in [0.2, 0.25) is 0 Å². The summed E-state index contributed by atoms with van der Waals surface area (Å²) in [4.78, 5) is 8.89. The van der Waals surface area contributed by atoms with Crippen molar-refractivity contribution in [3.63, 3.8) is 0 Å². The van der Waals surface area contributed by atoms with Gasteiger partial charge in [-0.15, -0.1) is 0 Å². The van der Waals surface area contributed by atoms with Crippen LogP contribution < -0.4 is 5.11 Å². The summed E-state index contributed by atoms with van der Waals surface area (Å²) in [6.45, 7) is 0.972. The van der Waals surface area contributed by atoms with Gasteiger partial charge in [0.2, 0.25) is 0 Å². The van der Waals surface area contributed by atoms with Crippen LogP contribution in [0.1, 0.15) is 6.92 Å². The molecule has 0 spiro atoms. The zero-order chi connectivity index (χ0) is 8.08. The van der Waals surface area contributed by atoms with Crippen molar-refractivity contribution in [1.29, 1.82) is 0 Å². The number of carbonyl (C=O) groups excluding carboxylic acids is 1. The molecule has 0 saturated heterocycles. The molecule has 0 saturated carbocycles. The van der Waals surface area contributed by atoms with E-state index in [-0.39, 0.29) is 17.4 Å². The van der Waals surface area contributed by atoms with Crippen LogP contribution >= 0.6 is 0 Å². The van der Waals surface area contributed by atoms with Crippen molar-refractivity contribution in [3.05, 3.63) is 0 Å². The largest absolute Gasteiger partial charge is 3.00 e. The average molecular weight is 228 g/mol. The Morgan fingerprint density at radius 2 is 1.40 bits per heavy atom. The summed E-state index contributed by atoms with van der Waals surface area (Å²) in [7, 11) is 0. The molecule has 0 aromatic rings. The van der Waals surface area contributed by atoms with Gasteiger partial charge in [0, 0.05) is 5.97 Å². The van der Waals surface area contributed by atoms with Crippen molar-refractivity contribution in [2.45, 2.75) is 6.92 Å². The minimum atomic E-state index is -5.12. The third-order valence-corrected chi connectivity index (χ3v) is 0. The van der Waals surface area contributed by atoms with Crippen molar-refractivity contribution in [2.24, 2.45) is 0 Å². The Balaban J connectivity index is -0.0000000910. The van der Waals surface area contributed by atoms with E-state index < -0.39 is 20.5 Å². The Morgan fingerprint density at radius 3 is 1.40 bits per heavy atom. The van der Waals surface area contributed by atoms with Crippen molar-refractivity contribution in [3.8, 4) is 0 Å². The first-order chi connectivity index (χ1) is 3.73. The van der Waals surface area contributed by atoms with Crippen molar-refractivity contribution >= 4 is 37.8 Å². The van der Waals surface area contributed by atoms with Gasteiger partial charge in [-0.25, -0.2) is 0 Å². The van der Waals surface area contributed by atoms with E-state index in [2.05, 4.69) is 0 Å². The summed E-state index contributed by atoms with van der Waals surface area (Å²) in [6.07, 6.45) is 0. The van der Waals surface area contributed by atoms with Crippen LogP contribution in [0.15, 0.2) is 0 Å². The topological polar surface area (TPSA) is 118 Å². The molecule has 0 atom stereocenters. The van der Waals surface area contributed by atoms with E-state index >= 15 is 0 Å². The number of carbonyl (C=O) groups is 1. The van der Waals surface area contributed by atoms with Crippen LogP contribution in [-0.4, -0.2) is 50.1 Å². The van der Waals surface area contributed by atoms with Crippen LogP contribution in [0.25, 0.3) is 0 Å². The molecule has 0 aliphatic heterocycles. The second-order valence-electron chi connectivity index (χ2n) is 1.00. The first-order valence-corrected chi connectivity index (χ1v) is 4.97. The van der Waals surface area contributed by atoms with E-state index in [0.717, 1.165) is 6.92 Å². The molecule has 0 aliphatic rings. The fourth-order valence-electron chi connectivity index (χ4n) is 0. The van der Waals surface area contributed by atoms with Gasteiger partial charge < -0.3 is 9.90 Å². The number of carboxylic acids is 1. The number of hydrogen-bond donors (Lipinski definition) is 3. The molecule has 0 aromatic heterocycles. The molecule has 6 nitrogen and oxygen atoms in total. The Kier molecular flexibility index (Phi) is 12.3. The molecule has 0 unspecified atom stereocenters. The molecule has 10 heavy (non-hydrogen) atoms. The average Bonchev–Trinajstić information content (AvgIpc) is 1.19. The Hall–Kier alpha value is 0.241. The third kappa shape index (κ3) is 7440. The molecule has 0 radical (unpaired) electrons. The maximum absolute atomic E-state index is 8.94. The summed E-state index contributed by atoms with van der Waals surface area (Å²) < 4.78 is 30.7. The molecule has 0 aromatic carbocycles. The van der Waals surface area contributed by atoms with E-state index in [1.54, 1.807) is 0 Å². The Bertz CT molecular complexity index is 115. The van der Waals surface area contributed by atoms with E-state index in [4.69, 9.17) is 25.9 Å². The number of rotatable bonds is 0. The van der Waals surface area contributed by atoms with Gasteiger partial charge in [0.05, 0.1) is 0 Å². The second-order valence-corrected chi connectivity index (χ2v) is 3.16. The summed E-state index contributed by atoms with van der Waals surface area (Å²) in [6, 6.07) is 0. The van der Waals surface area contributed by atoms with Gasteiger partial charge in [-0.2, -0.15) is 0 Å². The molecule has 0 fully saturated rings. The first-order valence-electron chi connectivity index (χ1n) is 1.69. The standard InChI is InChI=1S/C2H4O2.Al.AsH3O4/c1-2(3)4;;2-1(3,4)5/h1H3,(H,3,4);;(H3,2,3,4,5)/q;+3;/p-1. The Morgan fingerprint density at radius 1 is 1.40 bits per heavy atom. The predicted molar refractivity (Wildman–Crippen MR) is 29.5 cm³/mol. The smallest absolute Gasteiger partial charge is 3.00 e. The SMILES string of the molecule is CC(=O)[O-].O=[As](O)(O)O.[Al+3]. The zero-order valence-corrected chi connectivity index (χ0v) is 8.12. The summed E-state index contributed by atoms with van der Waals surface area (Å²) in [5, 5.41) is 8.89. The van der Waals surface area contributed by atoms with Crippen molar-refractivity contribution < 1.29 is 25.9 Å². The van der Waals surface area contributed by atoms with Crippen LogP contribution in [0.5, 0.6) is 0 Å². The maximum Gasteiger partial charge on any atom is 3.00 e. The van der Waals surface area contributed by atoms with Gasteiger partial charge in [0.25, 0.3) is 0 Å². The minimum absolute atomic E-state index is 0. The van der Waals surface area contributed by atoms with E-state index in [9.17, 15) is 0 Å². The predicted octanol–water partition coefficient (Wildman–Crippen LogP) is -3.80. The van der Waals surface area contributed by atoms with Gasteiger partial charge in [0.15, 0.2) is 0 Å². The number of aliphatic carboxylic acids is 1. The van der Waals surface area contributed by atoms with Gasteiger partial charge in [-0.3, -0.25) is 0 Å². The monoisotopic (exact) mass is 228 g/mol. The minimum Gasteiger partial charge on any atom is 3.00 e. The molecule has 0 amide bonds. The first kappa shape index (κ1) is 16.7. The van der Waals surface area contributed by atoms with Crippen molar-refractivity contribution in [1.82, 2.24) is 0 Å². The van der Waals surface area contributed by atoms with E-state index in [1.165, 1.54) is 0 Å². The molecule has 56 valence electrons. The molecule has 0 aliphatic carbocycles. The van der Waals surface area contributed by atoms with E-state index in [1.807, 2.05) is 0 Å². The van der Waals surface area contributed by atoms with Gasteiger partial charge in [-0.05, 0) is 6.92 Å². The third-order valence-electron chi connectivity index (χ3n) is 0. The van der Waals surface area contributed by atoms with Gasteiger partial charge in [0.1, 0.15) is 0 Å². The molecular formula is C2H6AlAsO6+2. The molecule has 8 heteroatoms. The normalized spacial score (nSPS) is 8.40. The summed E-state index contributed by atoms with van der Waals surface area (Å²) >= 11 is -5.12. The molecule has 3 N–H and O–H groups in total. The van der Waals surface area contributed by atoms with Crippen molar-refractivity contribution in [2.75, 3.05) is 0 Å². The van der Waals surface area contributed by atoms with Crippen LogP contribution in [0.3, 0.4) is 0 Å². The second kappa shape index (κ2) is 7.35. The molecule has 0 heterocycles. The van der Waals surface area contributed by atoms with Gasteiger partial charge in [-0.1, -0.05) is 0 Å². The molecular weight excluding hydrogens is 222 g/mol. The van der Waals surface area contributed by atoms with Crippen LogP contribution in [0.4, 0.5) is 0 Å². The number of carboxylic acid groups (broad SMARTS) is 1. The maximum atomic E-state index is 8.94. The fraction of sp³-hybridized carbons (Fsp3) is 0.500. The quantitative estimate of drug-likeness (QED) is 0.366. The molecule has 0 rings (SSSR count). The van der Waals surface area contributed by atoms with Crippen LogP contribution in [0, 0.1) is 0 Å². The van der Waals surface area contributed by atoms with Crippen LogP contribution in [-0.2, 0) is 8.53 Å². The van der Waals surface area contributed by atoms with Gasteiger partial charge >= 0.3 is 47.9 Å². The Labute approximate surface area is 71.0 Å². The number of hydrogen-bond acceptors (Lipinski definition) is 3. The fourth-order valence-corrected chi connectivity index (χ4v) is 0. The zero-order valence-electron chi connectivity index (χ0n) is 5.09.